The van der Waals surface area contributed by atoms with Gasteiger partial charge in [0, 0.05) is 6.04 Å². The summed E-state index contributed by atoms with van der Waals surface area (Å²) in [5.74, 6) is 1.17. The maximum Gasteiger partial charge on any atom is 0.272 e. The second-order valence-corrected chi connectivity index (χ2v) is 6.90. The maximum absolute atomic E-state index is 12.3. The number of nitrogens with zero attached hydrogens (tertiary/aromatic N) is 2. The summed E-state index contributed by atoms with van der Waals surface area (Å²) < 4.78 is 5.79. The highest BCUT2D eigenvalue weighted by Gasteiger charge is 2.17. The summed E-state index contributed by atoms with van der Waals surface area (Å²) in [4.78, 5) is 12.3. The Kier molecular flexibility index (Phi) is 6.04. The van der Waals surface area contributed by atoms with Gasteiger partial charge in [-0.05, 0) is 51.0 Å². The van der Waals surface area contributed by atoms with Crippen molar-refractivity contribution in [3.63, 3.8) is 0 Å². The van der Waals surface area contributed by atoms with Gasteiger partial charge in [0.25, 0.3) is 5.91 Å². The molecule has 138 valence electrons. The van der Waals surface area contributed by atoms with E-state index in [9.17, 15) is 4.79 Å². The van der Waals surface area contributed by atoms with Gasteiger partial charge in [0.15, 0.2) is 11.5 Å². The van der Waals surface area contributed by atoms with Gasteiger partial charge in [-0.25, -0.2) is 0 Å². The topological polar surface area (TPSA) is 76.1 Å². The molecule has 0 radical (unpaired) electrons. The van der Waals surface area contributed by atoms with E-state index in [0.29, 0.717) is 11.5 Å². The molecule has 0 saturated heterocycles. The van der Waals surface area contributed by atoms with Crippen molar-refractivity contribution < 1.29 is 9.53 Å². The van der Waals surface area contributed by atoms with E-state index in [1.165, 1.54) is 19.3 Å². The first-order valence-corrected chi connectivity index (χ1v) is 9.29. The van der Waals surface area contributed by atoms with Gasteiger partial charge in [-0.15, -0.1) is 10.2 Å². The van der Waals surface area contributed by atoms with Crippen LogP contribution in [0, 0.1) is 0 Å². The van der Waals surface area contributed by atoms with Crippen LogP contribution in [0.4, 0.5) is 11.5 Å². The highest BCUT2D eigenvalue weighted by Crippen LogP contribution is 2.27. The number of nitrogens with one attached hydrogen (secondary N) is 2. The smallest absolute Gasteiger partial charge is 0.272 e. The number of anilines is 2. The van der Waals surface area contributed by atoms with Crippen molar-refractivity contribution in [2.24, 2.45) is 0 Å². The Labute approximate surface area is 154 Å². The molecular formula is C20H26N4O2. The van der Waals surface area contributed by atoms with E-state index in [1.54, 1.807) is 12.1 Å². The molecule has 0 aliphatic heterocycles. The summed E-state index contributed by atoms with van der Waals surface area (Å²) in [7, 11) is 0. The van der Waals surface area contributed by atoms with Crippen LogP contribution in [0.2, 0.25) is 0 Å². The lowest BCUT2D eigenvalue weighted by molar-refractivity contribution is 0.0921. The molecule has 1 saturated carbocycles. The van der Waals surface area contributed by atoms with Crippen LogP contribution in [-0.2, 0) is 0 Å². The molecule has 1 heterocycles. The molecule has 0 atom stereocenters. The molecule has 6 heteroatoms. The van der Waals surface area contributed by atoms with Crippen LogP contribution < -0.4 is 15.4 Å². The first-order chi connectivity index (χ1) is 12.6. The molecule has 1 aliphatic carbocycles. The molecule has 0 spiro atoms. The monoisotopic (exact) mass is 354 g/mol. The zero-order valence-electron chi connectivity index (χ0n) is 15.4. The Morgan fingerprint density at radius 1 is 1.08 bits per heavy atom. The van der Waals surface area contributed by atoms with Crippen molar-refractivity contribution in [2.75, 3.05) is 5.32 Å². The number of carbonyl (C=O) groups is 1. The van der Waals surface area contributed by atoms with Gasteiger partial charge in [-0.3, -0.25) is 4.79 Å². The number of carbonyl (C=O) groups excluding carboxylic acids is 1. The third-order valence-electron chi connectivity index (χ3n) is 4.35. The SMILES string of the molecule is CC(C)Oc1ccccc1Nc1ccc(C(=O)NC2CCCCC2)nn1. The summed E-state index contributed by atoms with van der Waals surface area (Å²) in [5, 5.41) is 14.4. The van der Waals surface area contributed by atoms with Crippen molar-refractivity contribution >= 4 is 17.4 Å². The van der Waals surface area contributed by atoms with Crippen molar-refractivity contribution in [2.45, 2.75) is 58.1 Å². The normalized spacial score (nSPS) is 14.9. The average molecular weight is 354 g/mol. The van der Waals surface area contributed by atoms with Gasteiger partial charge in [0.1, 0.15) is 5.75 Å². The second-order valence-electron chi connectivity index (χ2n) is 6.90. The second kappa shape index (κ2) is 8.65. The summed E-state index contributed by atoms with van der Waals surface area (Å²) in [5.41, 5.74) is 1.16. The van der Waals surface area contributed by atoms with Crippen LogP contribution in [0.15, 0.2) is 36.4 Å². The van der Waals surface area contributed by atoms with Gasteiger partial charge < -0.3 is 15.4 Å². The number of ether oxygens (including phenoxy) is 1. The largest absolute Gasteiger partial charge is 0.489 e. The molecule has 3 rings (SSSR count). The van der Waals surface area contributed by atoms with E-state index in [-0.39, 0.29) is 18.1 Å². The number of hydrogen-bond donors (Lipinski definition) is 2. The van der Waals surface area contributed by atoms with Crippen molar-refractivity contribution in [1.29, 1.82) is 0 Å². The summed E-state index contributed by atoms with van der Waals surface area (Å²) >= 11 is 0. The van der Waals surface area contributed by atoms with Crippen LogP contribution in [0.5, 0.6) is 5.75 Å². The van der Waals surface area contributed by atoms with Crippen LogP contribution in [-0.4, -0.2) is 28.3 Å². The minimum atomic E-state index is -0.153. The third kappa shape index (κ3) is 4.94. The standard InChI is InChI=1S/C20H26N4O2/c1-14(2)26-18-11-7-6-10-16(18)22-19-13-12-17(23-24-19)20(25)21-15-8-4-3-5-9-15/h6-7,10-15H,3-5,8-9H2,1-2H3,(H,21,25)(H,22,24). The third-order valence-corrected chi connectivity index (χ3v) is 4.35. The Bertz CT molecular complexity index is 725. The zero-order chi connectivity index (χ0) is 18.4. The first kappa shape index (κ1) is 18.2. The lowest BCUT2D eigenvalue weighted by Gasteiger charge is -2.22. The molecule has 26 heavy (non-hydrogen) atoms. The number of benzene rings is 1. The molecule has 1 aromatic heterocycles. The van der Waals surface area contributed by atoms with Crippen molar-refractivity contribution in [3.8, 4) is 5.75 Å². The Balaban J connectivity index is 1.63. The summed E-state index contributed by atoms with van der Waals surface area (Å²) in [6, 6.07) is 11.4. The van der Waals surface area contributed by atoms with E-state index in [1.807, 2.05) is 38.1 Å². The van der Waals surface area contributed by atoms with E-state index in [2.05, 4.69) is 20.8 Å². The van der Waals surface area contributed by atoms with Crippen LogP contribution >= 0.6 is 0 Å². The number of amides is 1. The molecule has 1 aromatic carbocycles. The van der Waals surface area contributed by atoms with Gasteiger partial charge in [0.2, 0.25) is 0 Å². The fourth-order valence-electron chi connectivity index (χ4n) is 3.09. The molecular weight excluding hydrogens is 328 g/mol. The highest BCUT2D eigenvalue weighted by atomic mass is 16.5. The van der Waals surface area contributed by atoms with Crippen LogP contribution in [0.1, 0.15) is 56.4 Å². The van der Waals surface area contributed by atoms with Crippen LogP contribution in [0.25, 0.3) is 0 Å². The fraction of sp³-hybridized carbons (Fsp3) is 0.450. The minimum Gasteiger partial charge on any atom is -0.489 e. The van der Waals surface area contributed by atoms with E-state index >= 15 is 0 Å². The predicted octanol–water partition coefficient (Wildman–Crippen LogP) is 4.07. The Morgan fingerprint density at radius 3 is 2.54 bits per heavy atom. The molecule has 2 aromatic rings. The van der Waals surface area contributed by atoms with E-state index in [4.69, 9.17) is 4.74 Å². The summed E-state index contributed by atoms with van der Waals surface area (Å²) in [6.45, 7) is 3.96. The predicted molar refractivity (Wildman–Crippen MR) is 102 cm³/mol. The average Bonchev–Trinajstić information content (AvgIpc) is 2.64. The van der Waals surface area contributed by atoms with Crippen molar-refractivity contribution in [1.82, 2.24) is 15.5 Å². The fourth-order valence-corrected chi connectivity index (χ4v) is 3.09. The molecule has 1 amide bonds. The van der Waals surface area contributed by atoms with E-state index in [0.717, 1.165) is 24.3 Å². The van der Waals surface area contributed by atoms with E-state index < -0.39 is 0 Å². The lowest BCUT2D eigenvalue weighted by Crippen LogP contribution is -2.36. The Morgan fingerprint density at radius 2 is 1.85 bits per heavy atom. The van der Waals surface area contributed by atoms with Gasteiger partial charge in [-0.2, -0.15) is 0 Å². The molecule has 1 aliphatic rings. The van der Waals surface area contributed by atoms with Crippen LogP contribution in [0.3, 0.4) is 0 Å². The molecule has 0 bridgehead atoms. The van der Waals surface area contributed by atoms with Gasteiger partial charge >= 0.3 is 0 Å². The van der Waals surface area contributed by atoms with Gasteiger partial charge in [0.05, 0.1) is 11.8 Å². The maximum atomic E-state index is 12.3. The first-order valence-electron chi connectivity index (χ1n) is 9.29. The quantitative estimate of drug-likeness (QED) is 0.818. The number of aromatic nitrogens is 2. The molecule has 1 fully saturated rings. The Hall–Kier alpha value is -2.63. The number of hydrogen-bond acceptors (Lipinski definition) is 5. The zero-order valence-corrected chi connectivity index (χ0v) is 15.4. The highest BCUT2D eigenvalue weighted by molar-refractivity contribution is 5.92. The van der Waals surface area contributed by atoms with Crippen molar-refractivity contribution in [3.05, 3.63) is 42.1 Å². The molecule has 0 unspecified atom stereocenters. The summed E-state index contributed by atoms with van der Waals surface area (Å²) in [6.07, 6.45) is 5.79. The minimum absolute atomic E-state index is 0.0786. The lowest BCUT2D eigenvalue weighted by atomic mass is 9.95. The number of rotatable bonds is 6. The molecule has 2 N–H and O–H groups in total. The van der Waals surface area contributed by atoms with Gasteiger partial charge in [-0.1, -0.05) is 31.4 Å². The molecule has 6 nitrogen and oxygen atoms in total. The number of para-hydroxylation sites is 2.